The number of nitrogens with one attached hydrogen (secondary N) is 1. The molecule has 2 aromatic carbocycles. The van der Waals surface area contributed by atoms with Crippen molar-refractivity contribution in [1.29, 1.82) is 0 Å². The highest BCUT2D eigenvalue weighted by Crippen LogP contribution is 2.34. The van der Waals surface area contributed by atoms with Crippen molar-refractivity contribution in [1.82, 2.24) is 4.90 Å². The van der Waals surface area contributed by atoms with Crippen LogP contribution in [0.3, 0.4) is 0 Å². The number of nitrogens with zero attached hydrogens (tertiary/aromatic N) is 1. The Bertz CT molecular complexity index is 1070. The van der Waals surface area contributed by atoms with Gasteiger partial charge in [-0.25, -0.2) is 0 Å². The number of ether oxygens (including phenoxy) is 1. The number of hydrogen-bond acceptors (Lipinski definition) is 5. The second kappa shape index (κ2) is 8.20. The Morgan fingerprint density at radius 2 is 2.00 bits per heavy atom. The average molecular weight is 503 g/mol. The number of benzene rings is 2. The first-order chi connectivity index (χ1) is 13.7. The lowest BCUT2D eigenvalue weighted by Gasteiger charge is -2.31. The fourth-order valence-electron chi connectivity index (χ4n) is 2.94. The Morgan fingerprint density at radius 1 is 1.28 bits per heavy atom. The van der Waals surface area contributed by atoms with Gasteiger partial charge >= 0.3 is 0 Å². The van der Waals surface area contributed by atoms with E-state index in [9.17, 15) is 9.90 Å². The van der Waals surface area contributed by atoms with E-state index >= 15 is 0 Å². The van der Waals surface area contributed by atoms with Crippen molar-refractivity contribution in [2.45, 2.75) is 13.8 Å². The highest BCUT2D eigenvalue weighted by atomic mass is 127. The van der Waals surface area contributed by atoms with Crippen molar-refractivity contribution in [3.8, 4) is 11.5 Å². The molecule has 0 aliphatic carbocycles. The molecule has 0 aromatic heterocycles. The number of aromatic hydroxyl groups is 1. The summed E-state index contributed by atoms with van der Waals surface area (Å²) in [5.74, 6) is 0.630. The summed E-state index contributed by atoms with van der Waals surface area (Å²) in [6.45, 7) is 7.76. The molecule has 0 saturated heterocycles. The van der Waals surface area contributed by atoms with Crippen LogP contribution in [0, 0.1) is 17.4 Å². The minimum Gasteiger partial charge on any atom is -0.508 e. The molecule has 0 spiro atoms. The monoisotopic (exact) mass is 503 g/mol. The molecule has 2 aromatic rings. The zero-order valence-electron chi connectivity index (χ0n) is 16.4. The lowest BCUT2D eigenvalue weighted by molar-refractivity contribution is -0.114. The van der Waals surface area contributed by atoms with Gasteiger partial charge in [0.05, 0.1) is 0 Å². The molecule has 1 amide bonds. The van der Waals surface area contributed by atoms with Crippen LogP contribution in [0.25, 0.3) is 0 Å². The third kappa shape index (κ3) is 4.24. The number of phenolic OH excluding ortho intramolecular Hbond substituents is 1. The summed E-state index contributed by atoms with van der Waals surface area (Å²) in [6, 6.07) is 10.9. The number of likely N-dealkylation sites (N-methyl/N-ethyl adjacent to an activating group) is 1. The number of halogens is 1. The minimum atomic E-state index is -0.640. The molecule has 0 unspecified atom stereocenters. The number of primary amides is 1. The van der Waals surface area contributed by atoms with Crippen LogP contribution in [0.1, 0.15) is 11.1 Å². The van der Waals surface area contributed by atoms with Gasteiger partial charge in [0.25, 0.3) is 5.91 Å². The first kappa shape index (κ1) is 20.8. The van der Waals surface area contributed by atoms with Gasteiger partial charge in [0.15, 0.2) is 0 Å². The third-order valence-electron chi connectivity index (χ3n) is 4.71. The van der Waals surface area contributed by atoms with Gasteiger partial charge in [-0.05, 0) is 72.3 Å². The number of hydrogen-bond donors (Lipinski definition) is 3. The van der Waals surface area contributed by atoms with E-state index in [0.29, 0.717) is 22.8 Å². The van der Waals surface area contributed by atoms with Crippen molar-refractivity contribution >= 4 is 34.2 Å². The van der Waals surface area contributed by atoms with Crippen LogP contribution in [0.2, 0.25) is 0 Å². The zero-order valence-corrected chi connectivity index (χ0v) is 18.6. The van der Waals surface area contributed by atoms with Crippen LogP contribution in [-0.4, -0.2) is 23.0 Å². The second-order valence-corrected chi connectivity index (χ2v) is 7.98. The van der Waals surface area contributed by atoms with Crippen molar-refractivity contribution in [2.24, 2.45) is 5.73 Å². The normalized spacial score (nSPS) is 14.0. The van der Waals surface area contributed by atoms with E-state index < -0.39 is 5.91 Å². The summed E-state index contributed by atoms with van der Waals surface area (Å²) in [6.07, 6.45) is 1.65. The van der Waals surface area contributed by atoms with E-state index in [1.54, 1.807) is 43.1 Å². The number of phenols is 1. The molecular formula is C22H22IN3O3. The Morgan fingerprint density at radius 3 is 2.66 bits per heavy atom. The van der Waals surface area contributed by atoms with E-state index in [4.69, 9.17) is 10.5 Å². The molecular weight excluding hydrogens is 481 g/mol. The summed E-state index contributed by atoms with van der Waals surface area (Å²) in [5, 5.41) is 13.3. The largest absolute Gasteiger partial charge is 0.508 e. The predicted molar refractivity (Wildman–Crippen MR) is 122 cm³/mol. The molecule has 7 heteroatoms. The lowest BCUT2D eigenvalue weighted by Crippen LogP contribution is -2.33. The topological polar surface area (TPSA) is 87.8 Å². The molecule has 0 saturated carbocycles. The maximum Gasteiger partial charge on any atom is 0.256 e. The first-order valence-corrected chi connectivity index (χ1v) is 9.95. The van der Waals surface area contributed by atoms with Gasteiger partial charge < -0.3 is 25.8 Å². The number of carbonyl (C=O) groups is 1. The summed E-state index contributed by atoms with van der Waals surface area (Å²) >= 11 is 2.25. The van der Waals surface area contributed by atoms with Crippen LogP contribution in [-0.2, 0) is 4.79 Å². The number of nitrogens with two attached hydrogens (primary N) is 1. The molecule has 4 N–H and O–H groups in total. The summed E-state index contributed by atoms with van der Waals surface area (Å²) < 4.78 is 7.10. The molecule has 6 nitrogen and oxygen atoms in total. The van der Waals surface area contributed by atoms with Crippen LogP contribution in [0.15, 0.2) is 71.9 Å². The maximum atomic E-state index is 12.4. The van der Waals surface area contributed by atoms with E-state index in [2.05, 4.69) is 34.5 Å². The summed E-state index contributed by atoms with van der Waals surface area (Å²) in [7, 11) is 1.79. The van der Waals surface area contributed by atoms with E-state index in [1.165, 1.54) is 0 Å². The lowest BCUT2D eigenvalue weighted by atomic mass is 10.1. The van der Waals surface area contributed by atoms with Gasteiger partial charge in [-0.1, -0.05) is 12.6 Å². The first-order valence-electron chi connectivity index (χ1n) is 8.87. The second-order valence-electron chi connectivity index (χ2n) is 6.73. The minimum absolute atomic E-state index is 0.104. The zero-order chi connectivity index (χ0) is 21.3. The molecule has 0 atom stereocenters. The Kier molecular flexibility index (Phi) is 5.88. The average Bonchev–Trinajstić information content (AvgIpc) is 2.64. The number of rotatable bonds is 5. The molecule has 1 aliphatic rings. The van der Waals surface area contributed by atoms with E-state index in [1.807, 2.05) is 25.1 Å². The summed E-state index contributed by atoms with van der Waals surface area (Å²) in [4.78, 5) is 14.1. The van der Waals surface area contributed by atoms with Gasteiger partial charge in [0, 0.05) is 33.6 Å². The Labute approximate surface area is 183 Å². The number of allylic oxidation sites excluding steroid dienone is 1. The molecule has 1 aliphatic heterocycles. The van der Waals surface area contributed by atoms with Crippen LogP contribution < -0.4 is 15.8 Å². The standard InChI is InChI=1S/C22H22IN3O3/c1-12-10-15(23)8-9-16(12)25-22-20(21(24)28)19(11-13(2)26(22)4)29-18-7-5-6-17(27)14(18)3/h5-11,25,27H,2H2,1,3-4H3,(H2,24,28). The molecule has 0 bridgehead atoms. The SMILES string of the molecule is C=C1C=C(Oc2cccc(O)c2C)C(C(N)=O)=C(Nc2ccc(I)cc2C)N1C. The fourth-order valence-corrected chi connectivity index (χ4v) is 3.59. The van der Waals surface area contributed by atoms with Crippen LogP contribution >= 0.6 is 22.6 Å². The molecule has 29 heavy (non-hydrogen) atoms. The molecule has 3 rings (SSSR count). The summed E-state index contributed by atoms with van der Waals surface area (Å²) in [5.41, 5.74) is 8.97. The van der Waals surface area contributed by atoms with Crippen LogP contribution in [0.4, 0.5) is 5.69 Å². The number of aryl methyl sites for hydroxylation is 1. The smallest absolute Gasteiger partial charge is 0.256 e. The number of amides is 1. The van der Waals surface area contributed by atoms with E-state index in [0.717, 1.165) is 14.8 Å². The van der Waals surface area contributed by atoms with E-state index in [-0.39, 0.29) is 17.1 Å². The number of carbonyl (C=O) groups excluding carboxylic acids is 1. The third-order valence-corrected chi connectivity index (χ3v) is 5.38. The molecule has 150 valence electrons. The van der Waals surface area contributed by atoms with Gasteiger partial charge in [0.1, 0.15) is 28.7 Å². The maximum absolute atomic E-state index is 12.4. The Balaban J connectivity index is 2.08. The molecule has 1 heterocycles. The van der Waals surface area contributed by atoms with Crippen molar-refractivity contribution in [2.75, 3.05) is 12.4 Å². The number of anilines is 1. The highest BCUT2D eigenvalue weighted by molar-refractivity contribution is 14.1. The van der Waals surface area contributed by atoms with Crippen molar-refractivity contribution < 1.29 is 14.6 Å². The quantitative estimate of drug-likeness (QED) is 0.534. The predicted octanol–water partition coefficient (Wildman–Crippen LogP) is 4.14. The van der Waals surface area contributed by atoms with Crippen molar-refractivity contribution in [3.63, 3.8) is 0 Å². The van der Waals surface area contributed by atoms with Crippen LogP contribution in [0.5, 0.6) is 11.5 Å². The molecule has 0 radical (unpaired) electrons. The van der Waals surface area contributed by atoms with Gasteiger partial charge in [-0.15, -0.1) is 0 Å². The fraction of sp³-hybridized carbons (Fsp3) is 0.136. The Hall–Kier alpha value is -2.94. The van der Waals surface area contributed by atoms with Gasteiger partial charge in [-0.2, -0.15) is 0 Å². The van der Waals surface area contributed by atoms with Crippen molar-refractivity contribution in [3.05, 3.63) is 86.6 Å². The highest BCUT2D eigenvalue weighted by Gasteiger charge is 2.28. The van der Waals surface area contributed by atoms with Gasteiger partial charge in [0.2, 0.25) is 0 Å². The molecule has 0 fully saturated rings. The van der Waals surface area contributed by atoms with Gasteiger partial charge in [-0.3, -0.25) is 4.79 Å².